The van der Waals surface area contributed by atoms with E-state index in [1.54, 1.807) is 6.07 Å². The van der Waals surface area contributed by atoms with Crippen molar-refractivity contribution in [2.75, 3.05) is 17.1 Å². The number of nitrogens with zero attached hydrogens (tertiary/aromatic N) is 2. The zero-order valence-corrected chi connectivity index (χ0v) is 23.1. The highest BCUT2D eigenvalue weighted by molar-refractivity contribution is 7.92. The van der Waals surface area contributed by atoms with E-state index in [2.05, 4.69) is 5.32 Å². The molecule has 0 aliphatic heterocycles. The van der Waals surface area contributed by atoms with Crippen LogP contribution in [0.5, 0.6) is 0 Å². The van der Waals surface area contributed by atoms with Crippen LogP contribution in [0.15, 0.2) is 78.9 Å². The fourth-order valence-electron chi connectivity index (χ4n) is 4.95. The van der Waals surface area contributed by atoms with Crippen molar-refractivity contribution in [2.45, 2.75) is 50.7 Å². The molecule has 0 saturated heterocycles. The molecule has 0 aromatic heterocycles. The van der Waals surface area contributed by atoms with Crippen LogP contribution in [-0.2, 0) is 32.6 Å². The van der Waals surface area contributed by atoms with Gasteiger partial charge in [0.25, 0.3) is 0 Å². The Morgan fingerprint density at radius 3 is 2.17 bits per heavy atom. The molecule has 1 fully saturated rings. The van der Waals surface area contributed by atoms with E-state index in [1.165, 1.54) is 35.2 Å². The maximum atomic E-state index is 14.8. The molecule has 0 heterocycles. The first-order chi connectivity index (χ1) is 19.1. The quantitative estimate of drug-likeness (QED) is 0.370. The van der Waals surface area contributed by atoms with Crippen molar-refractivity contribution in [3.05, 3.63) is 102 Å². The maximum Gasteiger partial charge on any atom is 0.244 e. The number of sulfonamides is 1. The molecule has 4 rings (SSSR count). The Balaban J connectivity index is 1.72. The van der Waals surface area contributed by atoms with Crippen molar-refractivity contribution in [2.24, 2.45) is 0 Å². The average Bonchev–Trinajstić information content (AvgIpc) is 3.44. The summed E-state index contributed by atoms with van der Waals surface area (Å²) < 4.78 is 54.7. The Morgan fingerprint density at radius 2 is 1.55 bits per heavy atom. The van der Waals surface area contributed by atoms with E-state index in [4.69, 9.17) is 0 Å². The van der Waals surface area contributed by atoms with Gasteiger partial charge < -0.3 is 10.2 Å². The number of rotatable bonds is 11. The monoisotopic (exact) mass is 569 g/mol. The van der Waals surface area contributed by atoms with Crippen LogP contribution in [0.25, 0.3) is 0 Å². The predicted molar refractivity (Wildman–Crippen MR) is 150 cm³/mol. The lowest BCUT2D eigenvalue weighted by Gasteiger charge is -2.34. The van der Waals surface area contributed by atoms with Crippen LogP contribution in [-0.4, -0.2) is 50.0 Å². The van der Waals surface area contributed by atoms with Crippen LogP contribution in [0.4, 0.5) is 14.5 Å². The number of benzene rings is 3. The van der Waals surface area contributed by atoms with Gasteiger partial charge in [0.1, 0.15) is 24.2 Å². The molecule has 212 valence electrons. The zero-order valence-electron chi connectivity index (χ0n) is 22.3. The molecule has 0 radical (unpaired) electrons. The number of nitrogens with one attached hydrogen (secondary N) is 1. The van der Waals surface area contributed by atoms with E-state index in [0.29, 0.717) is 0 Å². The first-order valence-electron chi connectivity index (χ1n) is 13.2. The van der Waals surface area contributed by atoms with Gasteiger partial charge in [0.15, 0.2) is 0 Å². The van der Waals surface area contributed by atoms with Gasteiger partial charge in [-0.05, 0) is 48.7 Å². The fourth-order valence-corrected chi connectivity index (χ4v) is 5.80. The van der Waals surface area contributed by atoms with Crippen molar-refractivity contribution < 1.29 is 26.8 Å². The van der Waals surface area contributed by atoms with Gasteiger partial charge in [0.05, 0.1) is 11.9 Å². The summed E-state index contributed by atoms with van der Waals surface area (Å²) in [5.74, 6) is -2.18. The van der Waals surface area contributed by atoms with Crippen LogP contribution in [0.1, 0.15) is 36.8 Å². The van der Waals surface area contributed by atoms with E-state index < -0.39 is 40.2 Å². The molecule has 0 bridgehead atoms. The Kier molecular flexibility index (Phi) is 9.52. The molecule has 3 aromatic rings. The smallest absolute Gasteiger partial charge is 0.244 e. The molecule has 1 atom stereocenters. The Hall–Kier alpha value is -3.79. The minimum atomic E-state index is -3.98. The first kappa shape index (κ1) is 29.2. The highest BCUT2D eigenvalue weighted by Gasteiger charge is 2.34. The van der Waals surface area contributed by atoms with Crippen molar-refractivity contribution in [1.82, 2.24) is 10.2 Å². The topological polar surface area (TPSA) is 86.8 Å². The largest absolute Gasteiger partial charge is 0.352 e. The summed E-state index contributed by atoms with van der Waals surface area (Å²) in [6.07, 6.45) is 4.74. The summed E-state index contributed by atoms with van der Waals surface area (Å²) in [7, 11) is -3.98. The molecule has 2 amide bonds. The highest BCUT2D eigenvalue weighted by atomic mass is 32.2. The van der Waals surface area contributed by atoms with Crippen molar-refractivity contribution in [3.8, 4) is 0 Å². The highest BCUT2D eigenvalue weighted by Crippen LogP contribution is 2.23. The summed E-state index contributed by atoms with van der Waals surface area (Å²) in [4.78, 5) is 29.0. The molecule has 1 aliphatic rings. The first-order valence-corrected chi connectivity index (χ1v) is 15.1. The lowest BCUT2D eigenvalue weighted by molar-refractivity contribution is -0.140. The Bertz CT molecular complexity index is 1410. The number of anilines is 1. The number of hydrogen-bond donors (Lipinski definition) is 1. The van der Waals surface area contributed by atoms with Crippen LogP contribution in [0.3, 0.4) is 0 Å². The van der Waals surface area contributed by atoms with Crippen molar-refractivity contribution in [1.29, 1.82) is 0 Å². The summed E-state index contributed by atoms with van der Waals surface area (Å²) >= 11 is 0. The van der Waals surface area contributed by atoms with Gasteiger partial charge in [-0.1, -0.05) is 61.4 Å². The molecule has 1 saturated carbocycles. The van der Waals surface area contributed by atoms with E-state index in [1.807, 2.05) is 30.3 Å². The normalized spacial score (nSPS) is 14.5. The van der Waals surface area contributed by atoms with Gasteiger partial charge in [-0.3, -0.25) is 13.9 Å². The Labute approximate surface area is 233 Å². The molecule has 1 aliphatic carbocycles. The molecule has 10 heteroatoms. The standard InChI is InChI=1S/C30H33F2N3O4S/c1-40(38,39)35(26-17-15-24(31)16-18-26)21-29(36)34(20-23-11-5-8-14-27(23)32)28(19-22-9-3-2-4-10-22)30(37)33-25-12-6-7-13-25/h2-5,8-11,14-18,25,28H,6-7,12-13,19-21H2,1H3,(H,33,37)/t28-/m1/s1. The van der Waals surface area contributed by atoms with E-state index in [-0.39, 0.29) is 36.2 Å². The maximum absolute atomic E-state index is 14.8. The summed E-state index contributed by atoms with van der Waals surface area (Å²) in [5.41, 5.74) is 1.08. The van der Waals surface area contributed by atoms with Crippen molar-refractivity contribution >= 4 is 27.5 Å². The number of halogens is 2. The van der Waals surface area contributed by atoms with Gasteiger partial charge in [0.2, 0.25) is 21.8 Å². The second-order valence-corrected chi connectivity index (χ2v) is 12.0. The lowest BCUT2D eigenvalue weighted by atomic mass is 10.0. The SMILES string of the molecule is CS(=O)(=O)N(CC(=O)N(Cc1ccccc1F)[C@H](Cc1ccccc1)C(=O)NC1CCCC1)c1ccc(F)cc1. The van der Waals surface area contributed by atoms with E-state index in [0.717, 1.165) is 53.9 Å². The van der Waals surface area contributed by atoms with E-state index >= 15 is 0 Å². The zero-order chi connectivity index (χ0) is 28.7. The molecule has 0 spiro atoms. The predicted octanol–water partition coefficient (Wildman–Crippen LogP) is 4.43. The van der Waals surface area contributed by atoms with Crippen LogP contribution in [0.2, 0.25) is 0 Å². The average molecular weight is 570 g/mol. The summed E-state index contributed by atoms with van der Waals surface area (Å²) in [6, 6.07) is 18.8. The third kappa shape index (κ3) is 7.65. The molecule has 0 unspecified atom stereocenters. The lowest BCUT2D eigenvalue weighted by Crippen LogP contribution is -2.54. The summed E-state index contributed by atoms with van der Waals surface area (Å²) in [5, 5.41) is 3.06. The minimum Gasteiger partial charge on any atom is -0.352 e. The van der Waals surface area contributed by atoms with Gasteiger partial charge in [-0.25, -0.2) is 17.2 Å². The van der Waals surface area contributed by atoms with Crippen molar-refractivity contribution in [3.63, 3.8) is 0 Å². The second-order valence-electron chi connectivity index (χ2n) is 10.1. The summed E-state index contributed by atoms with van der Waals surface area (Å²) in [6.45, 7) is -0.900. The third-order valence-electron chi connectivity index (χ3n) is 7.06. The molecular formula is C30H33F2N3O4S. The number of hydrogen-bond acceptors (Lipinski definition) is 4. The molecule has 3 aromatic carbocycles. The van der Waals surface area contributed by atoms with Crippen LogP contribution >= 0.6 is 0 Å². The van der Waals surface area contributed by atoms with Gasteiger partial charge in [-0.15, -0.1) is 0 Å². The minimum absolute atomic E-state index is 0.0251. The molecule has 1 N–H and O–H groups in total. The fraction of sp³-hybridized carbons (Fsp3) is 0.333. The Morgan fingerprint density at radius 1 is 0.925 bits per heavy atom. The van der Waals surface area contributed by atoms with Crippen LogP contribution in [0, 0.1) is 11.6 Å². The third-order valence-corrected chi connectivity index (χ3v) is 8.21. The number of carbonyl (C=O) groups is 2. The second kappa shape index (κ2) is 13.0. The molecule has 7 nitrogen and oxygen atoms in total. The molecule has 40 heavy (non-hydrogen) atoms. The van der Waals surface area contributed by atoms with Gasteiger partial charge >= 0.3 is 0 Å². The van der Waals surface area contributed by atoms with E-state index in [9.17, 15) is 26.8 Å². The number of carbonyl (C=O) groups excluding carboxylic acids is 2. The molecular weight excluding hydrogens is 536 g/mol. The van der Waals surface area contributed by atoms with Crippen LogP contribution < -0.4 is 9.62 Å². The van der Waals surface area contributed by atoms with Gasteiger partial charge in [-0.2, -0.15) is 0 Å². The van der Waals surface area contributed by atoms with Gasteiger partial charge in [0, 0.05) is 24.6 Å². The number of amides is 2.